The van der Waals surface area contributed by atoms with Gasteiger partial charge in [-0.1, -0.05) is 29.8 Å². The van der Waals surface area contributed by atoms with Crippen molar-refractivity contribution in [3.8, 4) is 5.75 Å². The van der Waals surface area contributed by atoms with Crippen molar-refractivity contribution in [3.63, 3.8) is 0 Å². The van der Waals surface area contributed by atoms with Gasteiger partial charge in [0.1, 0.15) is 5.75 Å². The Kier molecular flexibility index (Phi) is 5.10. The summed E-state index contributed by atoms with van der Waals surface area (Å²) in [5.74, 6) is 0.199. The summed E-state index contributed by atoms with van der Waals surface area (Å²) >= 11 is 0. The Balaban J connectivity index is 2.97. The fourth-order valence-electron chi connectivity index (χ4n) is 1.40. The summed E-state index contributed by atoms with van der Waals surface area (Å²) in [6.07, 6.45) is 1.85. The number of rotatable bonds is 5. The summed E-state index contributed by atoms with van der Waals surface area (Å²) < 4.78 is 28.9. The van der Waals surface area contributed by atoms with Crippen LogP contribution in [0.4, 0.5) is 8.78 Å². The van der Waals surface area contributed by atoms with Crippen molar-refractivity contribution >= 4 is 6.08 Å². The van der Waals surface area contributed by atoms with E-state index < -0.39 is 6.61 Å². The number of hydrogen-bond acceptors (Lipinski definition) is 2. The van der Waals surface area contributed by atoms with Gasteiger partial charge in [0.15, 0.2) is 0 Å². The summed E-state index contributed by atoms with van der Waals surface area (Å²) in [7, 11) is 1.85. The van der Waals surface area contributed by atoms with Crippen LogP contribution in [-0.2, 0) is 0 Å². The van der Waals surface area contributed by atoms with E-state index in [1.165, 1.54) is 6.07 Å². The van der Waals surface area contributed by atoms with Gasteiger partial charge in [-0.2, -0.15) is 8.78 Å². The first-order valence-corrected chi connectivity index (χ1v) is 5.44. The van der Waals surface area contributed by atoms with E-state index in [0.717, 1.165) is 5.57 Å². The summed E-state index contributed by atoms with van der Waals surface area (Å²) in [5.41, 5.74) is 1.71. The molecule has 1 unspecified atom stereocenters. The Labute approximate surface area is 100 Å². The zero-order valence-corrected chi connectivity index (χ0v) is 10.2. The lowest BCUT2D eigenvalue weighted by Crippen LogP contribution is -2.22. The SMILES string of the molecule is CNC(C)/C(C)=C/c1ccccc1OC(F)F. The van der Waals surface area contributed by atoms with Gasteiger partial charge < -0.3 is 10.1 Å². The molecule has 0 amide bonds. The summed E-state index contributed by atoms with van der Waals surface area (Å²) in [6.45, 7) is 1.15. The Morgan fingerprint density at radius 2 is 2.00 bits per heavy atom. The fourth-order valence-corrected chi connectivity index (χ4v) is 1.40. The number of nitrogens with one attached hydrogen (secondary N) is 1. The van der Waals surface area contributed by atoms with Crippen molar-refractivity contribution in [2.75, 3.05) is 7.05 Å². The van der Waals surface area contributed by atoms with E-state index in [2.05, 4.69) is 10.1 Å². The predicted octanol–water partition coefficient (Wildman–Crippen LogP) is 3.30. The Hall–Kier alpha value is -1.42. The quantitative estimate of drug-likeness (QED) is 0.854. The third-order valence-corrected chi connectivity index (χ3v) is 2.63. The second-order valence-electron chi connectivity index (χ2n) is 3.82. The van der Waals surface area contributed by atoms with Gasteiger partial charge in [0.05, 0.1) is 0 Å². The lowest BCUT2D eigenvalue weighted by Gasteiger charge is -2.12. The molecule has 0 fully saturated rings. The van der Waals surface area contributed by atoms with Crippen molar-refractivity contribution in [2.45, 2.75) is 26.5 Å². The number of likely N-dealkylation sites (N-methyl/N-ethyl adjacent to an activating group) is 1. The Morgan fingerprint density at radius 3 is 2.59 bits per heavy atom. The Bertz CT molecular complexity index is 391. The number of halogens is 2. The molecule has 0 aliphatic heterocycles. The second kappa shape index (κ2) is 6.35. The molecular formula is C13H17F2NO. The first kappa shape index (κ1) is 13.6. The normalized spacial score (nSPS) is 13.9. The molecule has 1 atom stereocenters. The van der Waals surface area contributed by atoms with Crippen LogP contribution in [0.2, 0.25) is 0 Å². The maximum Gasteiger partial charge on any atom is 0.387 e. The molecule has 0 aromatic heterocycles. The number of benzene rings is 1. The van der Waals surface area contributed by atoms with Crippen LogP contribution in [-0.4, -0.2) is 19.7 Å². The number of para-hydroxylation sites is 1. The van der Waals surface area contributed by atoms with E-state index in [4.69, 9.17) is 0 Å². The molecule has 0 bridgehead atoms. The fraction of sp³-hybridized carbons (Fsp3) is 0.385. The molecule has 1 rings (SSSR count). The Morgan fingerprint density at radius 1 is 1.35 bits per heavy atom. The van der Waals surface area contributed by atoms with Crippen LogP contribution in [0.3, 0.4) is 0 Å². The largest absolute Gasteiger partial charge is 0.434 e. The van der Waals surface area contributed by atoms with Crippen molar-refractivity contribution in [1.29, 1.82) is 0 Å². The summed E-state index contributed by atoms with van der Waals surface area (Å²) in [4.78, 5) is 0. The molecule has 0 saturated carbocycles. The molecule has 1 N–H and O–H groups in total. The lowest BCUT2D eigenvalue weighted by atomic mass is 10.1. The van der Waals surface area contributed by atoms with Gasteiger partial charge >= 0.3 is 6.61 Å². The van der Waals surface area contributed by atoms with E-state index in [9.17, 15) is 8.78 Å². The van der Waals surface area contributed by atoms with Gasteiger partial charge in [0, 0.05) is 11.6 Å². The highest BCUT2D eigenvalue weighted by Crippen LogP contribution is 2.23. The highest BCUT2D eigenvalue weighted by atomic mass is 19.3. The third-order valence-electron chi connectivity index (χ3n) is 2.63. The first-order valence-electron chi connectivity index (χ1n) is 5.44. The molecule has 4 heteroatoms. The van der Waals surface area contributed by atoms with Crippen LogP contribution in [0.25, 0.3) is 6.08 Å². The standard InChI is InChI=1S/C13H17F2NO/c1-9(10(2)16-3)8-11-6-4-5-7-12(11)17-13(14)15/h4-8,10,13,16H,1-3H3/b9-8+. The van der Waals surface area contributed by atoms with Gasteiger partial charge in [-0.15, -0.1) is 0 Å². The second-order valence-corrected chi connectivity index (χ2v) is 3.82. The lowest BCUT2D eigenvalue weighted by molar-refractivity contribution is -0.0499. The topological polar surface area (TPSA) is 21.3 Å². The highest BCUT2D eigenvalue weighted by molar-refractivity contribution is 5.60. The third kappa shape index (κ3) is 4.15. The number of hydrogen-bond donors (Lipinski definition) is 1. The molecule has 0 aliphatic carbocycles. The zero-order valence-electron chi connectivity index (χ0n) is 10.2. The molecule has 0 radical (unpaired) electrons. The van der Waals surface area contributed by atoms with Crippen LogP contribution in [0.5, 0.6) is 5.75 Å². The molecular weight excluding hydrogens is 224 g/mol. The molecule has 0 saturated heterocycles. The molecule has 0 aliphatic rings. The average Bonchev–Trinajstić information content (AvgIpc) is 2.29. The molecule has 17 heavy (non-hydrogen) atoms. The molecule has 2 nitrogen and oxygen atoms in total. The van der Waals surface area contributed by atoms with E-state index in [-0.39, 0.29) is 11.8 Å². The first-order chi connectivity index (χ1) is 8.04. The maximum absolute atomic E-state index is 12.2. The van der Waals surface area contributed by atoms with Crippen LogP contribution in [0, 0.1) is 0 Å². The summed E-state index contributed by atoms with van der Waals surface area (Å²) in [6, 6.07) is 6.95. The highest BCUT2D eigenvalue weighted by Gasteiger charge is 2.08. The van der Waals surface area contributed by atoms with Gasteiger partial charge in [-0.3, -0.25) is 0 Å². The average molecular weight is 241 g/mol. The number of ether oxygens (including phenoxy) is 1. The van der Waals surface area contributed by atoms with E-state index in [0.29, 0.717) is 5.56 Å². The van der Waals surface area contributed by atoms with Crippen molar-refractivity contribution in [2.24, 2.45) is 0 Å². The zero-order chi connectivity index (χ0) is 12.8. The minimum Gasteiger partial charge on any atom is -0.434 e. The van der Waals surface area contributed by atoms with Gasteiger partial charge in [-0.25, -0.2) is 0 Å². The molecule has 0 heterocycles. The smallest absolute Gasteiger partial charge is 0.387 e. The molecule has 1 aromatic rings. The van der Waals surface area contributed by atoms with E-state index >= 15 is 0 Å². The minimum absolute atomic E-state index is 0.189. The molecule has 94 valence electrons. The van der Waals surface area contributed by atoms with Crippen molar-refractivity contribution < 1.29 is 13.5 Å². The van der Waals surface area contributed by atoms with Crippen molar-refractivity contribution in [3.05, 3.63) is 35.4 Å². The number of alkyl halides is 2. The van der Waals surface area contributed by atoms with Crippen LogP contribution >= 0.6 is 0 Å². The van der Waals surface area contributed by atoms with Crippen molar-refractivity contribution in [1.82, 2.24) is 5.32 Å². The van der Waals surface area contributed by atoms with Gasteiger partial charge in [0.25, 0.3) is 0 Å². The van der Waals surface area contributed by atoms with Gasteiger partial charge in [-0.05, 0) is 27.0 Å². The van der Waals surface area contributed by atoms with E-state index in [1.807, 2.05) is 27.0 Å². The summed E-state index contributed by atoms with van der Waals surface area (Å²) in [5, 5.41) is 3.09. The molecule has 0 spiro atoms. The van der Waals surface area contributed by atoms with E-state index in [1.54, 1.807) is 18.2 Å². The minimum atomic E-state index is -2.80. The maximum atomic E-state index is 12.2. The predicted molar refractivity (Wildman–Crippen MR) is 65.2 cm³/mol. The monoisotopic (exact) mass is 241 g/mol. The van der Waals surface area contributed by atoms with Crippen LogP contribution in [0.1, 0.15) is 19.4 Å². The van der Waals surface area contributed by atoms with Gasteiger partial charge in [0.2, 0.25) is 0 Å². The van der Waals surface area contributed by atoms with Crippen LogP contribution < -0.4 is 10.1 Å². The molecule has 1 aromatic carbocycles. The van der Waals surface area contributed by atoms with Crippen LogP contribution in [0.15, 0.2) is 29.8 Å².